The molecule has 1 saturated heterocycles. The van der Waals surface area contributed by atoms with Crippen LogP contribution in [0.4, 0.5) is 16.2 Å². The number of rotatable bonds is 12. The average Bonchev–Trinajstić information content (AvgIpc) is 2.96. The number of carboxylic acid groups (broad SMARTS) is 1. The number of anilines is 2. The Morgan fingerprint density at radius 3 is 2.37 bits per heavy atom. The minimum Gasteiger partial charge on any atom is -0.465 e. The van der Waals surface area contributed by atoms with Crippen LogP contribution in [-0.4, -0.2) is 63.3 Å². The van der Waals surface area contributed by atoms with Gasteiger partial charge in [0.05, 0.1) is 10.6 Å². The normalized spacial score (nSPS) is 14.3. The van der Waals surface area contributed by atoms with Crippen molar-refractivity contribution in [2.24, 2.45) is 0 Å². The Morgan fingerprint density at radius 2 is 1.67 bits per heavy atom. The second-order valence-electron chi connectivity index (χ2n) is 10.1. The van der Waals surface area contributed by atoms with E-state index in [0.717, 1.165) is 9.87 Å². The van der Waals surface area contributed by atoms with Gasteiger partial charge in [0.25, 0.3) is 10.0 Å². The molecule has 43 heavy (non-hydrogen) atoms. The molecule has 0 saturated carbocycles. The SMILES string of the molecule is O=C(O)NC(CC(=O)Nc1cccc(S(=O)(=O)N(CC(=O)NC2CCOCC2)c2cccc(Cl)c2)c1)Cc1ccccc1. The number of nitrogens with one attached hydrogen (secondary N) is 3. The first-order valence-electron chi connectivity index (χ1n) is 13.7. The molecular formula is C30H33ClN4O7S. The summed E-state index contributed by atoms with van der Waals surface area (Å²) in [6.07, 6.45) is 0.111. The second-order valence-corrected chi connectivity index (χ2v) is 12.4. The third kappa shape index (κ3) is 9.43. The zero-order valence-corrected chi connectivity index (χ0v) is 24.8. The van der Waals surface area contributed by atoms with Crippen LogP contribution in [0.5, 0.6) is 0 Å². The lowest BCUT2D eigenvalue weighted by atomic mass is 10.0. The molecule has 0 spiro atoms. The fourth-order valence-corrected chi connectivity index (χ4v) is 6.38. The molecule has 0 bridgehead atoms. The van der Waals surface area contributed by atoms with E-state index in [1.54, 1.807) is 18.2 Å². The summed E-state index contributed by atoms with van der Waals surface area (Å²) in [5, 5.41) is 17.5. The summed E-state index contributed by atoms with van der Waals surface area (Å²) >= 11 is 6.16. The van der Waals surface area contributed by atoms with Gasteiger partial charge in [0.1, 0.15) is 6.54 Å². The number of halogens is 1. The van der Waals surface area contributed by atoms with Crippen molar-refractivity contribution in [1.82, 2.24) is 10.6 Å². The number of benzene rings is 3. The van der Waals surface area contributed by atoms with Gasteiger partial charge < -0.3 is 25.8 Å². The Morgan fingerprint density at radius 1 is 0.953 bits per heavy atom. The lowest BCUT2D eigenvalue weighted by Gasteiger charge is -2.27. The fraction of sp³-hybridized carbons (Fsp3) is 0.300. The first kappa shape index (κ1) is 31.8. The molecule has 3 aromatic rings. The van der Waals surface area contributed by atoms with Gasteiger partial charge >= 0.3 is 6.09 Å². The highest BCUT2D eigenvalue weighted by Gasteiger charge is 2.29. The Labute approximate surface area is 255 Å². The van der Waals surface area contributed by atoms with Gasteiger partial charge in [0.15, 0.2) is 0 Å². The Hall–Kier alpha value is -4.13. The number of ether oxygens (including phenoxy) is 1. The van der Waals surface area contributed by atoms with Gasteiger partial charge in [-0.25, -0.2) is 13.2 Å². The number of hydrogen-bond acceptors (Lipinski definition) is 6. The Kier molecular flexibility index (Phi) is 11.0. The van der Waals surface area contributed by atoms with Crippen LogP contribution in [0.3, 0.4) is 0 Å². The standard InChI is InChI=1S/C30H33ClN4O7S/c31-22-8-4-10-26(17-22)35(20-29(37)32-23-12-14-42-15-13-23)43(40,41)27-11-5-9-24(18-27)33-28(36)19-25(34-30(38)39)16-21-6-2-1-3-7-21/h1-11,17-18,23,25,34H,12-16,19-20H2,(H,32,37)(H,33,36)(H,38,39). The molecular weight excluding hydrogens is 596 g/mol. The van der Waals surface area contributed by atoms with Gasteiger partial charge in [0.2, 0.25) is 11.8 Å². The molecule has 1 heterocycles. The third-order valence-corrected chi connectivity index (χ3v) is 8.76. The van der Waals surface area contributed by atoms with Crippen molar-refractivity contribution in [1.29, 1.82) is 0 Å². The van der Waals surface area contributed by atoms with Crippen molar-refractivity contribution in [2.75, 3.05) is 29.4 Å². The lowest BCUT2D eigenvalue weighted by Crippen LogP contribution is -2.46. The van der Waals surface area contributed by atoms with Crippen LogP contribution >= 0.6 is 11.6 Å². The van der Waals surface area contributed by atoms with Crippen LogP contribution in [0.1, 0.15) is 24.8 Å². The molecule has 13 heteroatoms. The highest BCUT2D eigenvalue weighted by Crippen LogP contribution is 2.27. The van der Waals surface area contributed by atoms with Crippen LogP contribution in [0.2, 0.25) is 5.02 Å². The number of nitrogens with zero attached hydrogens (tertiary/aromatic N) is 1. The number of amides is 3. The quantitative estimate of drug-likeness (QED) is 0.236. The summed E-state index contributed by atoms with van der Waals surface area (Å²) in [6.45, 7) is 0.539. The summed E-state index contributed by atoms with van der Waals surface area (Å²) in [5.74, 6) is -0.984. The van der Waals surface area contributed by atoms with Crippen LogP contribution in [0.15, 0.2) is 83.8 Å². The minimum atomic E-state index is -4.30. The molecule has 4 N–H and O–H groups in total. The molecule has 1 unspecified atom stereocenters. The van der Waals surface area contributed by atoms with Crippen LogP contribution in [-0.2, 0) is 30.8 Å². The van der Waals surface area contributed by atoms with E-state index in [2.05, 4.69) is 16.0 Å². The summed E-state index contributed by atoms with van der Waals surface area (Å²) in [4.78, 5) is 37.1. The molecule has 1 aliphatic rings. The summed E-state index contributed by atoms with van der Waals surface area (Å²) in [5.41, 5.74) is 1.24. The number of sulfonamides is 1. The molecule has 228 valence electrons. The lowest BCUT2D eigenvalue weighted by molar-refractivity contribution is -0.121. The summed E-state index contributed by atoms with van der Waals surface area (Å²) in [7, 11) is -4.30. The van der Waals surface area contributed by atoms with Gasteiger partial charge in [-0.2, -0.15) is 0 Å². The average molecular weight is 629 g/mol. The Bertz CT molecular complexity index is 1530. The predicted molar refractivity (Wildman–Crippen MR) is 163 cm³/mol. The maximum absolute atomic E-state index is 13.9. The van der Waals surface area contributed by atoms with E-state index >= 15 is 0 Å². The summed E-state index contributed by atoms with van der Waals surface area (Å²) < 4.78 is 34.1. The second kappa shape index (κ2) is 14.9. The van der Waals surface area contributed by atoms with E-state index < -0.39 is 40.5 Å². The predicted octanol–water partition coefficient (Wildman–Crippen LogP) is 4.04. The largest absolute Gasteiger partial charge is 0.465 e. The Balaban J connectivity index is 1.52. The van der Waals surface area contributed by atoms with Gasteiger partial charge in [0, 0.05) is 42.4 Å². The molecule has 11 nitrogen and oxygen atoms in total. The number of carbonyl (C=O) groups excluding carboxylic acids is 2. The van der Waals surface area contributed by atoms with Crippen molar-refractivity contribution in [3.05, 3.63) is 89.4 Å². The zero-order valence-electron chi connectivity index (χ0n) is 23.2. The molecule has 1 atom stereocenters. The first-order valence-corrected chi connectivity index (χ1v) is 15.5. The van der Waals surface area contributed by atoms with Crippen molar-refractivity contribution in [2.45, 2.75) is 42.7 Å². The maximum atomic E-state index is 13.9. The summed E-state index contributed by atoms with van der Waals surface area (Å²) in [6, 6.07) is 20.1. The molecule has 3 aromatic carbocycles. The monoisotopic (exact) mass is 628 g/mol. The zero-order chi connectivity index (χ0) is 30.8. The van der Waals surface area contributed by atoms with Crippen LogP contribution < -0.4 is 20.3 Å². The maximum Gasteiger partial charge on any atom is 0.404 e. The van der Waals surface area contributed by atoms with E-state index in [9.17, 15) is 27.9 Å². The highest BCUT2D eigenvalue weighted by atomic mass is 35.5. The van der Waals surface area contributed by atoms with Crippen molar-refractivity contribution >= 4 is 50.9 Å². The molecule has 3 amide bonds. The number of hydrogen-bond donors (Lipinski definition) is 4. The van der Waals surface area contributed by atoms with E-state index in [0.29, 0.717) is 37.5 Å². The molecule has 0 radical (unpaired) electrons. The molecule has 0 aromatic heterocycles. The smallest absolute Gasteiger partial charge is 0.404 e. The van der Waals surface area contributed by atoms with Crippen molar-refractivity contribution in [3.63, 3.8) is 0 Å². The van der Waals surface area contributed by atoms with Gasteiger partial charge in [-0.1, -0.05) is 54.1 Å². The van der Waals surface area contributed by atoms with Crippen molar-refractivity contribution < 1.29 is 32.6 Å². The van der Waals surface area contributed by atoms with Crippen molar-refractivity contribution in [3.8, 4) is 0 Å². The molecule has 4 rings (SSSR count). The van der Waals surface area contributed by atoms with E-state index in [4.69, 9.17) is 16.3 Å². The molecule has 1 aliphatic heterocycles. The van der Waals surface area contributed by atoms with E-state index in [1.807, 2.05) is 30.3 Å². The highest BCUT2D eigenvalue weighted by molar-refractivity contribution is 7.92. The topological polar surface area (TPSA) is 154 Å². The minimum absolute atomic E-state index is 0.120. The van der Waals surface area contributed by atoms with Gasteiger partial charge in [-0.3, -0.25) is 13.9 Å². The number of carbonyl (C=O) groups is 3. The molecule has 1 fully saturated rings. The first-order chi connectivity index (χ1) is 20.6. The van der Waals surface area contributed by atoms with Crippen LogP contribution in [0, 0.1) is 0 Å². The van der Waals surface area contributed by atoms with E-state index in [-0.39, 0.29) is 28.7 Å². The fourth-order valence-electron chi connectivity index (χ4n) is 4.74. The van der Waals surface area contributed by atoms with Gasteiger partial charge in [-0.05, 0) is 61.2 Å². The molecule has 0 aliphatic carbocycles. The van der Waals surface area contributed by atoms with Crippen LogP contribution in [0.25, 0.3) is 0 Å². The van der Waals surface area contributed by atoms with E-state index in [1.165, 1.54) is 30.3 Å². The van der Waals surface area contributed by atoms with Gasteiger partial charge in [-0.15, -0.1) is 0 Å². The third-order valence-electron chi connectivity index (χ3n) is 6.76.